The van der Waals surface area contributed by atoms with Crippen molar-refractivity contribution in [3.8, 4) is 0 Å². The van der Waals surface area contributed by atoms with Crippen LogP contribution in [0.15, 0.2) is 18.2 Å². The standard InChI is InChI=1S/C14H21N3O2/c1-10-4-5-13(12(15)7-10)16-14(19)9-17-6-2-3-11(18)8-17/h4-5,7,11,18H,2-3,6,8-9,15H2,1H3,(H,16,19). The molecule has 2 rings (SSSR count). The number of nitrogens with one attached hydrogen (secondary N) is 1. The van der Waals surface area contributed by atoms with E-state index in [1.54, 1.807) is 0 Å². The molecule has 0 bridgehead atoms. The number of hydrogen-bond donors (Lipinski definition) is 3. The number of β-amino-alcohol motifs (C(OH)–C–C–N with tert-alkyl or cyclic N) is 1. The van der Waals surface area contributed by atoms with Gasteiger partial charge in [0.25, 0.3) is 0 Å². The molecule has 0 spiro atoms. The van der Waals surface area contributed by atoms with Crippen LogP contribution in [0.3, 0.4) is 0 Å². The molecule has 5 heteroatoms. The zero-order chi connectivity index (χ0) is 13.8. The number of anilines is 2. The zero-order valence-electron chi connectivity index (χ0n) is 11.2. The molecule has 1 aliphatic rings. The number of amides is 1. The second kappa shape index (κ2) is 6.04. The second-order valence-electron chi connectivity index (χ2n) is 5.17. The van der Waals surface area contributed by atoms with Crippen molar-refractivity contribution in [2.45, 2.75) is 25.9 Å². The Balaban J connectivity index is 1.90. The smallest absolute Gasteiger partial charge is 0.238 e. The van der Waals surface area contributed by atoms with Gasteiger partial charge < -0.3 is 16.2 Å². The molecule has 1 amide bonds. The van der Waals surface area contributed by atoms with Gasteiger partial charge in [0.1, 0.15) is 0 Å². The Labute approximate surface area is 113 Å². The number of carbonyl (C=O) groups is 1. The quantitative estimate of drug-likeness (QED) is 0.710. The number of aliphatic hydroxyl groups excluding tert-OH is 1. The monoisotopic (exact) mass is 263 g/mol. The fraction of sp³-hybridized carbons (Fsp3) is 0.500. The molecular formula is C14H21N3O2. The number of nitrogens with zero attached hydrogens (tertiary/aromatic N) is 1. The molecular weight excluding hydrogens is 242 g/mol. The Hall–Kier alpha value is -1.59. The summed E-state index contributed by atoms with van der Waals surface area (Å²) in [5.41, 5.74) is 8.14. The second-order valence-corrected chi connectivity index (χ2v) is 5.17. The van der Waals surface area contributed by atoms with E-state index >= 15 is 0 Å². The lowest BCUT2D eigenvalue weighted by Crippen LogP contribution is -2.42. The van der Waals surface area contributed by atoms with Crippen LogP contribution in [0.1, 0.15) is 18.4 Å². The van der Waals surface area contributed by atoms with Crippen molar-refractivity contribution in [3.63, 3.8) is 0 Å². The van der Waals surface area contributed by atoms with Crippen molar-refractivity contribution in [1.29, 1.82) is 0 Å². The number of rotatable bonds is 3. The van der Waals surface area contributed by atoms with Crippen molar-refractivity contribution >= 4 is 17.3 Å². The van der Waals surface area contributed by atoms with Gasteiger partial charge in [0.2, 0.25) is 5.91 Å². The van der Waals surface area contributed by atoms with Crippen LogP contribution in [0.2, 0.25) is 0 Å². The molecule has 19 heavy (non-hydrogen) atoms. The Morgan fingerprint density at radius 1 is 1.58 bits per heavy atom. The summed E-state index contributed by atoms with van der Waals surface area (Å²) < 4.78 is 0. The number of nitrogen functional groups attached to an aromatic ring is 1. The van der Waals surface area contributed by atoms with Gasteiger partial charge in [-0.3, -0.25) is 9.69 Å². The van der Waals surface area contributed by atoms with Crippen LogP contribution in [-0.4, -0.2) is 41.7 Å². The first-order chi connectivity index (χ1) is 9.04. The number of benzene rings is 1. The Morgan fingerprint density at radius 3 is 3.05 bits per heavy atom. The average molecular weight is 263 g/mol. The number of nitrogens with two attached hydrogens (primary N) is 1. The number of aliphatic hydroxyl groups is 1. The molecule has 4 N–H and O–H groups in total. The van der Waals surface area contributed by atoms with E-state index in [1.165, 1.54) is 0 Å². The molecule has 1 fully saturated rings. The highest BCUT2D eigenvalue weighted by Gasteiger charge is 2.19. The van der Waals surface area contributed by atoms with Gasteiger partial charge in [-0.25, -0.2) is 0 Å². The zero-order valence-corrected chi connectivity index (χ0v) is 11.2. The summed E-state index contributed by atoms with van der Waals surface area (Å²) in [5.74, 6) is -0.0929. The summed E-state index contributed by atoms with van der Waals surface area (Å²) in [7, 11) is 0. The molecule has 0 aliphatic carbocycles. The van der Waals surface area contributed by atoms with E-state index in [0.717, 1.165) is 24.9 Å². The molecule has 0 saturated carbocycles. The Morgan fingerprint density at radius 2 is 2.37 bits per heavy atom. The van der Waals surface area contributed by atoms with E-state index < -0.39 is 0 Å². The van der Waals surface area contributed by atoms with Crippen LogP contribution in [0.25, 0.3) is 0 Å². The molecule has 1 heterocycles. The minimum atomic E-state index is -0.314. The van der Waals surface area contributed by atoms with Crippen LogP contribution >= 0.6 is 0 Å². The number of hydrogen-bond acceptors (Lipinski definition) is 4. The molecule has 0 radical (unpaired) electrons. The minimum absolute atomic E-state index is 0.0929. The van der Waals surface area contributed by atoms with Crippen LogP contribution in [0.4, 0.5) is 11.4 Å². The highest BCUT2D eigenvalue weighted by molar-refractivity contribution is 5.95. The predicted molar refractivity (Wildman–Crippen MR) is 75.9 cm³/mol. The lowest BCUT2D eigenvalue weighted by atomic mass is 10.1. The van der Waals surface area contributed by atoms with Crippen LogP contribution in [-0.2, 0) is 4.79 Å². The lowest BCUT2D eigenvalue weighted by Gasteiger charge is -2.29. The number of aryl methyl sites for hydroxylation is 1. The van der Waals surface area contributed by atoms with E-state index in [-0.39, 0.29) is 12.0 Å². The summed E-state index contributed by atoms with van der Waals surface area (Å²) >= 11 is 0. The maximum Gasteiger partial charge on any atom is 0.238 e. The van der Waals surface area contributed by atoms with E-state index in [9.17, 15) is 9.90 Å². The van der Waals surface area contributed by atoms with Gasteiger partial charge in [-0.05, 0) is 44.0 Å². The Bertz CT molecular complexity index is 462. The first kappa shape index (κ1) is 13.8. The molecule has 1 aromatic rings. The predicted octanol–water partition coefficient (Wildman–Crippen LogP) is 0.972. The lowest BCUT2D eigenvalue weighted by molar-refractivity contribution is -0.118. The molecule has 1 unspecified atom stereocenters. The normalized spacial score (nSPS) is 20.2. The van der Waals surface area contributed by atoms with Crippen LogP contribution < -0.4 is 11.1 Å². The summed E-state index contributed by atoms with van der Waals surface area (Å²) in [6.07, 6.45) is 1.44. The van der Waals surface area contributed by atoms with Crippen LogP contribution in [0, 0.1) is 6.92 Å². The van der Waals surface area contributed by atoms with Gasteiger partial charge in [0.15, 0.2) is 0 Å². The Kier molecular flexibility index (Phi) is 4.39. The summed E-state index contributed by atoms with van der Waals surface area (Å²) in [4.78, 5) is 13.9. The van der Waals surface area contributed by atoms with E-state index in [4.69, 9.17) is 5.73 Å². The largest absolute Gasteiger partial charge is 0.397 e. The van der Waals surface area contributed by atoms with Gasteiger partial charge in [0, 0.05) is 6.54 Å². The van der Waals surface area contributed by atoms with Gasteiger partial charge >= 0.3 is 0 Å². The van der Waals surface area contributed by atoms with Gasteiger partial charge in [-0.15, -0.1) is 0 Å². The molecule has 1 saturated heterocycles. The van der Waals surface area contributed by atoms with Crippen molar-refractivity contribution in [2.24, 2.45) is 0 Å². The van der Waals surface area contributed by atoms with Crippen molar-refractivity contribution in [2.75, 3.05) is 30.7 Å². The highest BCUT2D eigenvalue weighted by atomic mass is 16.3. The fourth-order valence-corrected chi connectivity index (χ4v) is 2.36. The van der Waals surface area contributed by atoms with Crippen LogP contribution in [0.5, 0.6) is 0 Å². The molecule has 1 atom stereocenters. The number of piperidine rings is 1. The fourth-order valence-electron chi connectivity index (χ4n) is 2.36. The van der Waals surface area contributed by atoms with E-state index in [1.807, 2.05) is 30.0 Å². The molecule has 1 aliphatic heterocycles. The van der Waals surface area contributed by atoms with Crippen molar-refractivity contribution in [1.82, 2.24) is 4.90 Å². The topological polar surface area (TPSA) is 78.6 Å². The first-order valence-corrected chi connectivity index (χ1v) is 6.61. The maximum atomic E-state index is 11.9. The summed E-state index contributed by atoms with van der Waals surface area (Å²) in [6.45, 7) is 3.67. The number of likely N-dealkylation sites (tertiary alicyclic amines) is 1. The third-order valence-corrected chi connectivity index (χ3v) is 3.33. The summed E-state index contributed by atoms with van der Waals surface area (Å²) in [6, 6.07) is 5.56. The highest BCUT2D eigenvalue weighted by Crippen LogP contribution is 2.19. The van der Waals surface area contributed by atoms with E-state index in [2.05, 4.69) is 5.32 Å². The molecule has 104 valence electrons. The number of carbonyl (C=O) groups excluding carboxylic acids is 1. The molecule has 1 aromatic carbocycles. The van der Waals surface area contributed by atoms with Crippen molar-refractivity contribution < 1.29 is 9.90 Å². The summed E-state index contributed by atoms with van der Waals surface area (Å²) in [5, 5.41) is 12.4. The van der Waals surface area contributed by atoms with Gasteiger partial charge in [-0.2, -0.15) is 0 Å². The third kappa shape index (κ3) is 3.94. The third-order valence-electron chi connectivity index (χ3n) is 3.33. The molecule has 5 nitrogen and oxygen atoms in total. The maximum absolute atomic E-state index is 11.9. The van der Waals surface area contributed by atoms with Gasteiger partial charge in [0.05, 0.1) is 24.0 Å². The molecule has 0 aromatic heterocycles. The van der Waals surface area contributed by atoms with E-state index in [0.29, 0.717) is 24.5 Å². The van der Waals surface area contributed by atoms with Crippen molar-refractivity contribution in [3.05, 3.63) is 23.8 Å². The van der Waals surface area contributed by atoms with Gasteiger partial charge in [-0.1, -0.05) is 6.07 Å². The average Bonchev–Trinajstić information content (AvgIpc) is 2.33. The SMILES string of the molecule is Cc1ccc(NC(=O)CN2CCCC(O)C2)c(N)c1. The first-order valence-electron chi connectivity index (χ1n) is 6.61. The minimum Gasteiger partial charge on any atom is -0.397 e.